The van der Waals surface area contributed by atoms with E-state index in [1.807, 2.05) is 24.8 Å². The standard InChI is InChI=1S/C23H21ClN4O2/c1-13-22(15(3)30-26-13)17-5-4-16-8-9-27(14(2)20(16)10-17)23(29)21-11-19-7-6-18(24)12-28(19)25-21/h4-7,10-12,14H,8-9H2,1-3H3. The maximum atomic E-state index is 13.3. The third-order valence-electron chi connectivity index (χ3n) is 5.91. The van der Waals surface area contributed by atoms with Gasteiger partial charge in [-0.1, -0.05) is 28.9 Å². The van der Waals surface area contributed by atoms with E-state index >= 15 is 0 Å². The van der Waals surface area contributed by atoms with Crippen molar-refractivity contribution in [1.29, 1.82) is 0 Å². The molecule has 1 atom stereocenters. The van der Waals surface area contributed by atoms with E-state index in [1.165, 1.54) is 5.56 Å². The van der Waals surface area contributed by atoms with Gasteiger partial charge in [-0.05, 0) is 68.1 Å². The van der Waals surface area contributed by atoms with Gasteiger partial charge in [0, 0.05) is 18.3 Å². The zero-order chi connectivity index (χ0) is 21.0. The minimum absolute atomic E-state index is 0.0601. The molecule has 0 N–H and O–H groups in total. The molecule has 30 heavy (non-hydrogen) atoms. The van der Waals surface area contributed by atoms with Crippen molar-refractivity contribution in [3.63, 3.8) is 0 Å². The van der Waals surface area contributed by atoms with E-state index < -0.39 is 0 Å². The molecule has 152 valence electrons. The van der Waals surface area contributed by atoms with Gasteiger partial charge in [0.25, 0.3) is 5.91 Å². The Kier molecular flexibility index (Phi) is 4.40. The zero-order valence-corrected chi connectivity index (χ0v) is 17.8. The number of benzene rings is 1. The molecule has 3 aromatic heterocycles. The number of pyridine rings is 1. The van der Waals surface area contributed by atoms with Gasteiger partial charge in [0.1, 0.15) is 5.76 Å². The Morgan fingerprint density at radius 1 is 1.20 bits per heavy atom. The van der Waals surface area contributed by atoms with Crippen LogP contribution >= 0.6 is 11.6 Å². The van der Waals surface area contributed by atoms with Crippen LogP contribution in [0.5, 0.6) is 0 Å². The molecule has 1 unspecified atom stereocenters. The number of hydrogen-bond acceptors (Lipinski definition) is 4. The maximum absolute atomic E-state index is 13.3. The molecule has 0 radical (unpaired) electrons. The lowest BCUT2D eigenvalue weighted by atomic mass is 9.89. The van der Waals surface area contributed by atoms with Crippen LogP contribution in [-0.2, 0) is 6.42 Å². The molecule has 0 saturated heterocycles. The molecule has 4 aromatic rings. The highest BCUT2D eigenvalue weighted by atomic mass is 35.5. The minimum Gasteiger partial charge on any atom is -0.361 e. The second kappa shape index (κ2) is 6.99. The lowest BCUT2D eigenvalue weighted by molar-refractivity contribution is 0.0671. The topological polar surface area (TPSA) is 63.6 Å². The van der Waals surface area contributed by atoms with Crippen LogP contribution in [0.3, 0.4) is 0 Å². The molecule has 0 saturated carbocycles. The Balaban J connectivity index is 1.49. The third-order valence-corrected chi connectivity index (χ3v) is 6.13. The van der Waals surface area contributed by atoms with Crippen molar-refractivity contribution in [3.8, 4) is 11.1 Å². The van der Waals surface area contributed by atoms with Crippen LogP contribution in [0.4, 0.5) is 0 Å². The largest absolute Gasteiger partial charge is 0.361 e. The van der Waals surface area contributed by atoms with Crippen LogP contribution in [0.25, 0.3) is 16.6 Å². The number of fused-ring (bicyclic) bond motifs is 2. The van der Waals surface area contributed by atoms with Crippen molar-refractivity contribution in [2.24, 2.45) is 0 Å². The number of rotatable bonds is 2. The summed E-state index contributed by atoms with van der Waals surface area (Å²) >= 11 is 6.05. The Bertz CT molecular complexity index is 1270. The Hall–Kier alpha value is -3.12. The first-order valence-electron chi connectivity index (χ1n) is 9.94. The number of aromatic nitrogens is 3. The number of carbonyl (C=O) groups excluding carboxylic acids is 1. The first-order valence-corrected chi connectivity index (χ1v) is 10.3. The van der Waals surface area contributed by atoms with Gasteiger partial charge in [0.05, 0.1) is 22.3 Å². The van der Waals surface area contributed by atoms with Crippen LogP contribution in [0.15, 0.2) is 47.1 Å². The molecule has 7 heteroatoms. The van der Waals surface area contributed by atoms with E-state index in [9.17, 15) is 4.79 Å². The molecule has 0 aliphatic carbocycles. The molecule has 6 nitrogen and oxygen atoms in total. The molecule has 0 spiro atoms. The maximum Gasteiger partial charge on any atom is 0.274 e. The van der Waals surface area contributed by atoms with Crippen LogP contribution in [0.2, 0.25) is 5.02 Å². The fourth-order valence-electron chi connectivity index (χ4n) is 4.36. The van der Waals surface area contributed by atoms with E-state index in [1.54, 1.807) is 22.8 Å². The summed E-state index contributed by atoms with van der Waals surface area (Å²) in [7, 11) is 0. The molecular formula is C23H21ClN4O2. The van der Waals surface area contributed by atoms with E-state index in [4.69, 9.17) is 16.1 Å². The molecule has 1 amide bonds. The number of halogens is 1. The van der Waals surface area contributed by atoms with Crippen molar-refractivity contribution < 1.29 is 9.32 Å². The van der Waals surface area contributed by atoms with Gasteiger partial charge in [0.2, 0.25) is 0 Å². The fourth-order valence-corrected chi connectivity index (χ4v) is 4.51. The highest BCUT2D eigenvalue weighted by Crippen LogP contribution is 2.35. The molecule has 0 fully saturated rings. The first-order chi connectivity index (χ1) is 14.4. The summed E-state index contributed by atoms with van der Waals surface area (Å²) in [6.45, 7) is 6.59. The minimum atomic E-state index is -0.0734. The van der Waals surface area contributed by atoms with E-state index in [0.29, 0.717) is 17.3 Å². The third kappa shape index (κ3) is 2.99. The zero-order valence-electron chi connectivity index (χ0n) is 17.0. The summed E-state index contributed by atoms with van der Waals surface area (Å²) < 4.78 is 6.99. The second-order valence-corrected chi connectivity index (χ2v) is 8.22. The monoisotopic (exact) mass is 420 g/mol. The summed E-state index contributed by atoms with van der Waals surface area (Å²) in [5.41, 5.74) is 6.64. The van der Waals surface area contributed by atoms with E-state index in [0.717, 1.165) is 40.1 Å². The summed E-state index contributed by atoms with van der Waals surface area (Å²) in [4.78, 5) is 15.2. The van der Waals surface area contributed by atoms with Gasteiger partial charge in [0.15, 0.2) is 5.69 Å². The van der Waals surface area contributed by atoms with Gasteiger partial charge in [-0.3, -0.25) is 4.79 Å². The average molecular weight is 421 g/mol. The first kappa shape index (κ1) is 18.9. The molecule has 1 aromatic carbocycles. The van der Waals surface area contributed by atoms with Crippen LogP contribution in [0, 0.1) is 13.8 Å². The van der Waals surface area contributed by atoms with Crippen LogP contribution in [-0.4, -0.2) is 32.1 Å². The molecule has 1 aliphatic rings. The highest BCUT2D eigenvalue weighted by molar-refractivity contribution is 6.30. The highest BCUT2D eigenvalue weighted by Gasteiger charge is 2.30. The normalized spacial score (nSPS) is 16.1. The van der Waals surface area contributed by atoms with E-state index in [-0.39, 0.29) is 11.9 Å². The van der Waals surface area contributed by atoms with Gasteiger partial charge in [-0.2, -0.15) is 5.10 Å². The Morgan fingerprint density at radius 3 is 2.80 bits per heavy atom. The van der Waals surface area contributed by atoms with E-state index in [2.05, 4.69) is 35.4 Å². The smallest absolute Gasteiger partial charge is 0.274 e. The Morgan fingerprint density at radius 2 is 2.03 bits per heavy atom. The average Bonchev–Trinajstić information content (AvgIpc) is 3.30. The lowest BCUT2D eigenvalue weighted by Gasteiger charge is -2.35. The Labute approximate surface area is 179 Å². The van der Waals surface area contributed by atoms with Crippen molar-refractivity contribution >= 4 is 23.0 Å². The fraction of sp³-hybridized carbons (Fsp3) is 0.261. The SMILES string of the molecule is Cc1noc(C)c1-c1ccc2c(c1)C(C)N(C(=O)c1cc3ccc(Cl)cn3n1)CC2. The van der Waals surface area contributed by atoms with Gasteiger partial charge >= 0.3 is 0 Å². The van der Waals surface area contributed by atoms with Crippen molar-refractivity contribution in [2.45, 2.75) is 33.2 Å². The number of nitrogens with zero attached hydrogens (tertiary/aromatic N) is 4. The molecular weight excluding hydrogens is 400 g/mol. The molecule has 5 rings (SSSR count). The number of carbonyl (C=O) groups is 1. The van der Waals surface area contributed by atoms with Crippen molar-refractivity contribution in [2.75, 3.05) is 6.54 Å². The quantitative estimate of drug-likeness (QED) is 0.456. The molecule has 1 aliphatic heterocycles. The number of amides is 1. The summed E-state index contributed by atoms with van der Waals surface area (Å²) in [5, 5.41) is 9.10. The predicted molar refractivity (Wildman–Crippen MR) is 115 cm³/mol. The van der Waals surface area contributed by atoms with Crippen LogP contribution in [0.1, 0.15) is 46.0 Å². The molecule has 0 bridgehead atoms. The predicted octanol–water partition coefficient (Wildman–Crippen LogP) is 5.02. The summed E-state index contributed by atoms with van der Waals surface area (Å²) in [5.74, 6) is 0.725. The van der Waals surface area contributed by atoms with Gasteiger partial charge in [-0.15, -0.1) is 0 Å². The van der Waals surface area contributed by atoms with Crippen molar-refractivity contribution in [3.05, 3.63) is 75.9 Å². The number of hydrogen-bond donors (Lipinski definition) is 0. The summed E-state index contributed by atoms with van der Waals surface area (Å²) in [6, 6.07) is 11.8. The lowest BCUT2D eigenvalue weighted by Crippen LogP contribution is -2.39. The van der Waals surface area contributed by atoms with Crippen LogP contribution < -0.4 is 0 Å². The van der Waals surface area contributed by atoms with Crippen molar-refractivity contribution in [1.82, 2.24) is 19.7 Å². The number of aryl methyl sites for hydroxylation is 2. The van der Waals surface area contributed by atoms with Gasteiger partial charge in [-0.25, -0.2) is 4.52 Å². The van der Waals surface area contributed by atoms with Gasteiger partial charge < -0.3 is 9.42 Å². The second-order valence-electron chi connectivity index (χ2n) is 7.78. The summed E-state index contributed by atoms with van der Waals surface area (Å²) in [6.07, 6.45) is 2.52. The molecule has 4 heterocycles.